The van der Waals surface area contributed by atoms with Gasteiger partial charge in [0.1, 0.15) is 0 Å². The van der Waals surface area contributed by atoms with Gasteiger partial charge in [0.15, 0.2) is 0 Å². The van der Waals surface area contributed by atoms with Crippen molar-refractivity contribution < 1.29 is 9.59 Å². The summed E-state index contributed by atoms with van der Waals surface area (Å²) in [5.74, 6) is 0.851. The Morgan fingerprint density at radius 3 is 2.91 bits per heavy atom. The highest BCUT2D eigenvalue weighted by atomic mass is 32.1. The van der Waals surface area contributed by atoms with Gasteiger partial charge >= 0.3 is 6.03 Å². The topological polar surface area (TPSA) is 75.4 Å². The Morgan fingerprint density at radius 2 is 2.26 bits per heavy atom. The molecule has 1 saturated heterocycles. The first-order valence-corrected chi connectivity index (χ1v) is 9.35. The van der Waals surface area contributed by atoms with Crippen LogP contribution in [0.1, 0.15) is 56.4 Å². The molecule has 0 unspecified atom stereocenters. The van der Waals surface area contributed by atoms with Crippen LogP contribution < -0.4 is 11.1 Å². The van der Waals surface area contributed by atoms with E-state index in [4.69, 9.17) is 5.73 Å². The van der Waals surface area contributed by atoms with Gasteiger partial charge < -0.3 is 16.0 Å². The van der Waals surface area contributed by atoms with E-state index in [0.717, 1.165) is 36.7 Å². The quantitative estimate of drug-likeness (QED) is 0.836. The van der Waals surface area contributed by atoms with Gasteiger partial charge in [0, 0.05) is 18.0 Å². The Hall–Kier alpha value is -1.56. The fourth-order valence-corrected chi connectivity index (χ4v) is 4.08. The number of primary amides is 1. The summed E-state index contributed by atoms with van der Waals surface area (Å²) in [5.41, 5.74) is 5.26. The van der Waals surface area contributed by atoms with Crippen molar-refractivity contribution in [3.05, 3.63) is 22.4 Å². The van der Waals surface area contributed by atoms with Crippen LogP contribution in [0.5, 0.6) is 0 Å². The number of urea groups is 1. The maximum absolute atomic E-state index is 12.6. The Kier molecular flexibility index (Phi) is 6.89. The van der Waals surface area contributed by atoms with E-state index in [9.17, 15) is 9.59 Å². The van der Waals surface area contributed by atoms with Crippen LogP contribution in [0.25, 0.3) is 0 Å². The molecule has 3 amide bonds. The predicted octanol–water partition coefficient (Wildman–Crippen LogP) is 3.28. The van der Waals surface area contributed by atoms with Crippen LogP contribution >= 0.6 is 11.3 Å². The summed E-state index contributed by atoms with van der Waals surface area (Å²) in [4.78, 5) is 26.8. The van der Waals surface area contributed by atoms with E-state index in [-0.39, 0.29) is 18.4 Å². The summed E-state index contributed by atoms with van der Waals surface area (Å²) in [7, 11) is 0. The van der Waals surface area contributed by atoms with Crippen molar-refractivity contribution in [2.24, 2.45) is 11.7 Å². The number of nitrogens with two attached hydrogens (primary N) is 1. The van der Waals surface area contributed by atoms with Crippen LogP contribution in [0.4, 0.5) is 4.79 Å². The SMILES string of the molecule is CCC[C@H]1CCCN(C(=O)C[C@@H](NC(N)=O)c2cccs2)CC1. The van der Waals surface area contributed by atoms with Gasteiger partial charge in [0.25, 0.3) is 0 Å². The van der Waals surface area contributed by atoms with Crippen molar-refractivity contribution in [2.75, 3.05) is 13.1 Å². The van der Waals surface area contributed by atoms with Gasteiger partial charge in [0.05, 0.1) is 12.5 Å². The van der Waals surface area contributed by atoms with E-state index in [2.05, 4.69) is 12.2 Å². The molecule has 0 aliphatic carbocycles. The molecule has 1 aliphatic heterocycles. The molecule has 2 atom stereocenters. The van der Waals surface area contributed by atoms with Gasteiger partial charge in [-0.1, -0.05) is 25.8 Å². The Morgan fingerprint density at radius 1 is 1.43 bits per heavy atom. The van der Waals surface area contributed by atoms with Crippen LogP contribution in [0, 0.1) is 5.92 Å². The summed E-state index contributed by atoms with van der Waals surface area (Å²) in [6.07, 6.45) is 6.12. The number of likely N-dealkylation sites (tertiary alicyclic amines) is 1. The molecular weight excluding hydrogens is 310 g/mol. The molecule has 0 spiro atoms. The highest BCUT2D eigenvalue weighted by Gasteiger charge is 2.24. The molecule has 2 heterocycles. The number of rotatable bonds is 6. The number of hydrogen-bond donors (Lipinski definition) is 2. The molecule has 23 heavy (non-hydrogen) atoms. The largest absolute Gasteiger partial charge is 0.352 e. The van der Waals surface area contributed by atoms with Crippen LogP contribution in [0.15, 0.2) is 17.5 Å². The highest BCUT2D eigenvalue weighted by Crippen LogP contribution is 2.25. The predicted molar refractivity (Wildman–Crippen MR) is 93.2 cm³/mol. The molecule has 6 heteroatoms. The third kappa shape index (κ3) is 5.53. The molecule has 0 aromatic carbocycles. The first-order chi connectivity index (χ1) is 11.1. The number of amides is 3. The third-order valence-electron chi connectivity index (χ3n) is 4.48. The molecule has 0 bridgehead atoms. The zero-order chi connectivity index (χ0) is 16.7. The summed E-state index contributed by atoms with van der Waals surface area (Å²) < 4.78 is 0. The highest BCUT2D eigenvalue weighted by molar-refractivity contribution is 7.10. The average Bonchev–Trinajstić information content (AvgIpc) is 2.93. The summed E-state index contributed by atoms with van der Waals surface area (Å²) >= 11 is 1.53. The molecule has 0 saturated carbocycles. The van der Waals surface area contributed by atoms with Gasteiger partial charge in [-0.15, -0.1) is 11.3 Å². The molecule has 1 aromatic rings. The van der Waals surface area contributed by atoms with E-state index in [1.165, 1.54) is 30.6 Å². The smallest absolute Gasteiger partial charge is 0.312 e. The monoisotopic (exact) mass is 337 g/mol. The van der Waals surface area contributed by atoms with Crippen molar-refractivity contribution in [1.82, 2.24) is 10.2 Å². The van der Waals surface area contributed by atoms with Crippen molar-refractivity contribution in [3.8, 4) is 0 Å². The van der Waals surface area contributed by atoms with Crippen molar-refractivity contribution in [2.45, 2.75) is 51.5 Å². The van der Waals surface area contributed by atoms with E-state index in [0.29, 0.717) is 0 Å². The lowest BCUT2D eigenvalue weighted by Gasteiger charge is -2.24. The summed E-state index contributed by atoms with van der Waals surface area (Å²) in [5, 5.41) is 4.64. The maximum atomic E-state index is 12.6. The van der Waals surface area contributed by atoms with Gasteiger partial charge in [-0.05, 0) is 36.6 Å². The fourth-order valence-electron chi connectivity index (χ4n) is 3.30. The zero-order valence-electron chi connectivity index (χ0n) is 13.8. The molecule has 128 valence electrons. The van der Waals surface area contributed by atoms with Crippen LogP contribution in [0.3, 0.4) is 0 Å². The first-order valence-electron chi connectivity index (χ1n) is 8.47. The first kappa shape index (κ1) is 17.8. The Balaban J connectivity index is 1.94. The molecule has 2 rings (SSSR count). The fraction of sp³-hybridized carbons (Fsp3) is 0.647. The molecule has 3 N–H and O–H groups in total. The molecular formula is C17H27N3O2S. The lowest BCUT2D eigenvalue weighted by Crippen LogP contribution is -2.38. The second kappa shape index (κ2) is 8.91. The van der Waals surface area contributed by atoms with Crippen molar-refractivity contribution >= 4 is 23.3 Å². The van der Waals surface area contributed by atoms with Crippen LogP contribution in [0.2, 0.25) is 0 Å². The van der Waals surface area contributed by atoms with E-state index >= 15 is 0 Å². The maximum Gasteiger partial charge on any atom is 0.312 e. The summed E-state index contributed by atoms with van der Waals surface area (Å²) in [6.45, 7) is 3.87. The zero-order valence-corrected chi connectivity index (χ0v) is 14.6. The van der Waals surface area contributed by atoms with E-state index < -0.39 is 6.03 Å². The van der Waals surface area contributed by atoms with Gasteiger partial charge in [-0.3, -0.25) is 4.79 Å². The average molecular weight is 337 g/mol. The van der Waals surface area contributed by atoms with Crippen molar-refractivity contribution in [1.29, 1.82) is 0 Å². The number of hydrogen-bond acceptors (Lipinski definition) is 3. The Labute approximate surface area is 142 Å². The minimum Gasteiger partial charge on any atom is -0.352 e. The number of thiophene rings is 1. The number of nitrogens with one attached hydrogen (secondary N) is 1. The third-order valence-corrected chi connectivity index (χ3v) is 5.47. The minimum atomic E-state index is -0.588. The molecule has 1 aromatic heterocycles. The second-order valence-corrected chi connectivity index (χ2v) is 7.23. The lowest BCUT2D eigenvalue weighted by molar-refractivity contribution is -0.131. The van der Waals surface area contributed by atoms with Gasteiger partial charge in [0.2, 0.25) is 5.91 Å². The second-order valence-electron chi connectivity index (χ2n) is 6.25. The molecule has 0 radical (unpaired) electrons. The minimum absolute atomic E-state index is 0.106. The van der Waals surface area contributed by atoms with E-state index in [1.807, 2.05) is 22.4 Å². The standard InChI is InChI=1S/C17H27N3O2S/c1-2-5-13-6-3-9-20(10-8-13)16(21)12-14(19-17(18)22)15-7-4-11-23-15/h4,7,11,13-14H,2-3,5-6,8-10,12H2,1H3,(H3,18,19,22)/t13-,14+/m0/s1. The number of carbonyl (C=O) groups is 2. The number of nitrogens with zero attached hydrogens (tertiary/aromatic N) is 1. The van der Waals surface area contributed by atoms with Gasteiger partial charge in [-0.25, -0.2) is 4.79 Å². The van der Waals surface area contributed by atoms with Crippen LogP contribution in [-0.4, -0.2) is 29.9 Å². The molecule has 1 aliphatic rings. The molecule has 5 nitrogen and oxygen atoms in total. The van der Waals surface area contributed by atoms with Gasteiger partial charge in [-0.2, -0.15) is 0 Å². The Bertz CT molecular complexity index is 504. The summed E-state index contributed by atoms with van der Waals surface area (Å²) in [6, 6.07) is 2.93. The van der Waals surface area contributed by atoms with Crippen LogP contribution in [-0.2, 0) is 4.79 Å². The molecule has 1 fully saturated rings. The van der Waals surface area contributed by atoms with Crippen molar-refractivity contribution in [3.63, 3.8) is 0 Å². The number of carbonyl (C=O) groups excluding carboxylic acids is 2. The van der Waals surface area contributed by atoms with E-state index in [1.54, 1.807) is 0 Å². The lowest BCUT2D eigenvalue weighted by atomic mass is 9.96. The normalized spacial score (nSPS) is 19.9.